The van der Waals surface area contributed by atoms with E-state index >= 15 is 0 Å². The highest BCUT2D eigenvalue weighted by Crippen LogP contribution is 2.10. The molecule has 0 aliphatic heterocycles. The van der Waals surface area contributed by atoms with Gasteiger partial charge in [-0.15, -0.1) is 0 Å². The molecule has 0 aromatic heterocycles. The van der Waals surface area contributed by atoms with Gasteiger partial charge in [-0.1, -0.05) is 37.6 Å². The Morgan fingerprint density at radius 2 is 1.82 bits per heavy atom. The smallest absolute Gasteiger partial charge is 0.321 e. The maximum atomic E-state index is 11.6. The lowest BCUT2D eigenvalue weighted by Crippen LogP contribution is -2.42. The summed E-state index contributed by atoms with van der Waals surface area (Å²) in [6, 6.07) is 6.12. The van der Waals surface area contributed by atoms with Gasteiger partial charge in [0.1, 0.15) is 0 Å². The highest BCUT2D eigenvalue weighted by atomic mass is 35.5. The Labute approximate surface area is 134 Å². The van der Waals surface area contributed by atoms with Crippen molar-refractivity contribution in [3.05, 3.63) is 34.9 Å². The minimum Gasteiger partial charge on any atom is -0.455 e. The molecule has 0 bridgehead atoms. The summed E-state index contributed by atoms with van der Waals surface area (Å²) in [7, 11) is 0. The Morgan fingerprint density at radius 3 is 2.41 bits per heavy atom. The Balaban J connectivity index is 2.27. The second kappa shape index (κ2) is 9.04. The number of halogens is 1. The van der Waals surface area contributed by atoms with Crippen LogP contribution in [0.25, 0.3) is 0 Å². The van der Waals surface area contributed by atoms with Crippen LogP contribution in [0.2, 0.25) is 5.02 Å². The van der Waals surface area contributed by atoms with Gasteiger partial charge >= 0.3 is 12.0 Å². The van der Waals surface area contributed by atoms with Crippen molar-refractivity contribution in [3.63, 3.8) is 0 Å². The second-order valence-electron chi connectivity index (χ2n) is 5.12. The van der Waals surface area contributed by atoms with Crippen LogP contribution in [0.4, 0.5) is 4.79 Å². The minimum atomic E-state index is -0.675. The summed E-state index contributed by atoms with van der Waals surface area (Å²) >= 11 is 5.74. The van der Waals surface area contributed by atoms with Gasteiger partial charge in [-0.3, -0.25) is 14.9 Å². The maximum absolute atomic E-state index is 11.6. The number of hydrogen-bond donors (Lipinski definition) is 2. The van der Waals surface area contributed by atoms with E-state index in [0.29, 0.717) is 11.6 Å². The normalized spacial score (nSPS) is 10.2. The highest BCUT2D eigenvalue weighted by molar-refractivity contribution is 6.30. The first-order valence-electron chi connectivity index (χ1n) is 6.84. The molecule has 0 spiro atoms. The molecule has 1 aromatic carbocycles. The Bertz CT molecular complexity index is 529. The van der Waals surface area contributed by atoms with Gasteiger partial charge in [0, 0.05) is 11.6 Å². The van der Waals surface area contributed by atoms with E-state index < -0.39 is 24.5 Å². The van der Waals surface area contributed by atoms with E-state index in [1.54, 1.807) is 24.3 Å². The van der Waals surface area contributed by atoms with Crippen molar-refractivity contribution < 1.29 is 19.1 Å². The Kier molecular flexibility index (Phi) is 7.39. The number of imide groups is 1. The topological polar surface area (TPSA) is 84.5 Å². The molecular formula is C15H19ClN2O4. The summed E-state index contributed by atoms with van der Waals surface area (Å²) in [5.74, 6) is -0.955. The number of hydrogen-bond acceptors (Lipinski definition) is 4. The number of ether oxygens (including phenoxy) is 1. The molecule has 120 valence electrons. The summed E-state index contributed by atoms with van der Waals surface area (Å²) in [6.07, 6.45) is 0.0317. The van der Waals surface area contributed by atoms with Crippen molar-refractivity contribution in [3.8, 4) is 0 Å². The molecule has 6 nitrogen and oxygen atoms in total. The van der Waals surface area contributed by atoms with Gasteiger partial charge in [-0.25, -0.2) is 4.79 Å². The molecule has 0 heterocycles. The largest absolute Gasteiger partial charge is 0.455 e. The van der Waals surface area contributed by atoms with E-state index in [1.807, 2.05) is 13.8 Å². The SMILES string of the molecule is CC(C)CNC(=O)NC(=O)COC(=O)Cc1ccc(Cl)cc1. The molecule has 0 atom stereocenters. The summed E-state index contributed by atoms with van der Waals surface area (Å²) in [5, 5.41) is 5.17. The number of carbonyl (C=O) groups excluding carboxylic acids is 3. The molecule has 7 heteroatoms. The summed E-state index contributed by atoms with van der Waals surface area (Å²) in [5.41, 5.74) is 0.726. The third-order valence-corrected chi connectivity index (χ3v) is 2.80. The highest BCUT2D eigenvalue weighted by Gasteiger charge is 2.11. The maximum Gasteiger partial charge on any atom is 0.321 e. The zero-order chi connectivity index (χ0) is 16.5. The van der Waals surface area contributed by atoms with Crippen molar-refractivity contribution >= 4 is 29.5 Å². The van der Waals surface area contributed by atoms with Crippen molar-refractivity contribution in [2.75, 3.05) is 13.2 Å². The van der Waals surface area contributed by atoms with Gasteiger partial charge in [0.05, 0.1) is 6.42 Å². The van der Waals surface area contributed by atoms with E-state index in [0.717, 1.165) is 5.56 Å². The Morgan fingerprint density at radius 1 is 1.18 bits per heavy atom. The van der Waals surface area contributed by atoms with Crippen LogP contribution in [0.15, 0.2) is 24.3 Å². The van der Waals surface area contributed by atoms with Gasteiger partial charge in [0.15, 0.2) is 6.61 Å². The lowest BCUT2D eigenvalue weighted by atomic mass is 10.1. The van der Waals surface area contributed by atoms with E-state index in [9.17, 15) is 14.4 Å². The van der Waals surface area contributed by atoms with Crippen LogP contribution in [0.1, 0.15) is 19.4 Å². The molecule has 0 saturated heterocycles. The van der Waals surface area contributed by atoms with Gasteiger partial charge in [0.25, 0.3) is 5.91 Å². The molecule has 2 N–H and O–H groups in total. The quantitative estimate of drug-likeness (QED) is 0.782. The molecule has 0 unspecified atom stereocenters. The average molecular weight is 327 g/mol. The summed E-state index contributed by atoms with van der Waals surface area (Å²) in [6.45, 7) is 3.82. The zero-order valence-electron chi connectivity index (χ0n) is 12.5. The number of urea groups is 1. The molecule has 22 heavy (non-hydrogen) atoms. The molecule has 3 amide bonds. The fourth-order valence-corrected chi connectivity index (χ4v) is 1.60. The van der Waals surface area contributed by atoms with Crippen molar-refractivity contribution in [2.45, 2.75) is 20.3 Å². The van der Waals surface area contributed by atoms with E-state index in [1.165, 1.54) is 0 Å². The molecule has 0 saturated carbocycles. The Hall–Kier alpha value is -2.08. The first kappa shape index (κ1) is 18.0. The number of benzene rings is 1. The van der Waals surface area contributed by atoms with Crippen LogP contribution in [0, 0.1) is 5.92 Å². The molecule has 1 aromatic rings. The van der Waals surface area contributed by atoms with Crippen LogP contribution >= 0.6 is 11.6 Å². The standard InChI is InChI=1S/C15H19ClN2O4/c1-10(2)8-17-15(21)18-13(19)9-22-14(20)7-11-3-5-12(16)6-4-11/h3-6,10H,7-9H2,1-2H3,(H2,17,18,19,21). The van der Waals surface area contributed by atoms with Crippen LogP contribution in [0.3, 0.4) is 0 Å². The van der Waals surface area contributed by atoms with Crippen LogP contribution in [-0.2, 0) is 20.7 Å². The number of nitrogens with one attached hydrogen (secondary N) is 2. The number of rotatable bonds is 6. The van der Waals surface area contributed by atoms with E-state index in [-0.39, 0.29) is 12.3 Å². The molecule has 0 aliphatic carbocycles. The fraction of sp³-hybridized carbons (Fsp3) is 0.400. The van der Waals surface area contributed by atoms with Crippen molar-refractivity contribution in [1.29, 1.82) is 0 Å². The van der Waals surface area contributed by atoms with Gasteiger partial charge in [0.2, 0.25) is 0 Å². The monoisotopic (exact) mass is 326 g/mol. The zero-order valence-corrected chi connectivity index (χ0v) is 13.3. The van der Waals surface area contributed by atoms with Crippen molar-refractivity contribution in [1.82, 2.24) is 10.6 Å². The molecule has 1 rings (SSSR count). The third-order valence-electron chi connectivity index (χ3n) is 2.55. The van der Waals surface area contributed by atoms with Gasteiger partial charge in [-0.05, 0) is 23.6 Å². The minimum absolute atomic E-state index is 0.0317. The first-order chi connectivity index (χ1) is 10.4. The van der Waals surface area contributed by atoms with Gasteiger partial charge in [-0.2, -0.15) is 0 Å². The van der Waals surface area contributed by atoms with Crippen LogP contribution in [-0.4, -0.2) is 31.1 Å². The molecule has 0 radical (unpaired) electrons. The molecule has 0 fully saturated rings. The average Bonchev–Trinajstić information content (AvgIpc) is 2.45. The third kappa shape index (κ3) is 7.64. The van der Waals surface area contributed by atoms with Gasteiger partial charge < -0.3 is 10.1 Å². The fourth-order valence-electron chi connectivity index (χ4n) is 1.47. The predicted molar refractivity (Wildman–Crippen MR) is 82.5 cm³/mol. The lowest BCUT2D eigenvalue weighted by Gasteiger charge is -2.09. The van der Waals surface area contributed by atoms with E-state index in [4.69, 9.17) is 16.3 Å². The number of carbonyl (C=O) groups is 3. The van der Waals surface area contributed by atoms with Crippen molar-refractivity contribution in [2.24, 2.45) is 5.92 Å². The lowest BCUT2D eigenvalue weighted by molar-refractivity contribution is -0.147. The molecule has 0 aliphatic rings. The summed E-state index contributed by atoms with van der Waals surface area (Å²) in [4.78, 5) is 34.3. The molecular weight excluding hydrogens is 308 g/mol. The van der Waals surface area contributed by atoms with E-state index in [2.05, 4.69) is 10.6 Å². The first-order valence-corrected chi connectivity index (χ1v) is 7.22. The predicted octanol–water partition coefficient (Wildman–Crippen LogP) is 1.91. The number of esters is 1. The number of amides is 3. The summed E-state index contributed by atoms with van der Waals surface area (Å²) < 4.78 is 4.80. The van der Waals surface area contributed by atoms with Crippen LogP contribution in [0.5, 0.6) is 0 Å². The second-order valence-corrected chi connectivity index (χ2v) is 5.55. The van der Waals surface area contributed by atoms with Crippen LogP contribution < -0.4 is 10.6 Å².